The minimum atomic E-state index is -0.853. The number of rotatable bonds is 6. The molecule has 3 aromatic rings. The summed E-state index contributed by atoms with van der Waals surface area (Å²) in [6.45, 7) is 5.04. The molecule has 1 aliphatic rings. The number of nitrogens with one attached hydrogen (secondary N) is 1. The van der Waals surface area contributed by atoms with Crippen LogP contribution in [0.2, 0.25) is 0 Å². The van der Waals surface area contributed by atoms with Crippen LogP contribution >= 0.6 is 0 Å². The number of nitriles is 1. The van der Waals surface area contributed by atoms with Crippen molar-refractivity contribution in [1.82, 2.24) is 9.97 Å². The number of aromatic amines is 1. The highest BCUT2D eigenvalue weighted by atomic mass is 16.6. The first-order valence-electron chi connectivity index (χ1n) is 11.2. The van der Waals surface area contributed by atoms with Gasteiger partial charge in [-0.2, -0.15) is 5.26 Å². The number of esters is 1. The normalized spacial score (nSPS) is 18.6. The molecular weight excluding hydrogens is 450 g/mol. The van der Waals surface area contributed by atoms with E-state index in [2.05, 4.69) is 23.8 Å². The Kier molecular flexibility index (Phi) is 6.68. The second-order valence-electron chi connectivity index (χ2n) is 8.92. The monoisotopic (exact) mass is 475 g/mol. The van der Waals surface area contributed by atoms with E-state index in [0.717, 1.165) is 6.42 Å². The zero-order valence-corrected chi connectivity index (χ0v) is 19.4. The number of para-hydroxylation sites is 2. The van der Waals surface area contributed by atoms with Crippen molar-refractivity contribution in [1.29, 1.82) is 5.26 Å². The number of anilines is 1. The lowest BCUT2D eigenvalue weighted by Gasteiger charge is -2.36. The molecule has 4 rings (SSSR count). The van der Waals surface area contributed by atoms with Gasteiger partial charge in [-0.25, -0.2) is 9.78 Å². The fourth-order valence-corrected chi connectivity index (χ4v) is 4.54. The van der Waals surface area contributed by atoms with Crippen molar-refractivity contribution < 1.29 is 19.6 Å². The number of H-pyrrole nitrogens is 1. The van der Waals surface area contributed by atoms with Gasteiger partial charge < -0.3 is 19.7 Å². The van der Waals surface area contributed by atoms with E-state index in [1.54, 1.807) is 30.3 Å². The molecule has 2 heterocycles. The number of fused-ring (bicyclic) bond motifs is 1. The van der Waals surface area contributed by atoms with Crippen LogP contribution in [0.3, 0.4) is 0 Å². The van der Waals surface area contributed by atoms with E-state index in [1.165, 1.54) is 12.1 Å². The van der Waals surface area contributed by atoms with E-state index in [4.69, 9.17) is 4.74 Å². The summed E-state index contributed by atoms with van der Waals surface area (Å²) in [6.07, 6.45) is 1.06. The number of benzene rings is 2. The first-order chi connectivity index (χ1) is 16.8. The number of allylic oxidation sites excluding steroid dienone is 1. The summed E-state index contributed by atoms with van der Waals surface area (Å²) in [7, 11) is 0. The number of imidazole rings is 1. The highest BCUT2D eigenvalue weighted by Gasteiger charge is 2.28. The molecule has 2 atom stereocenters. The number of carbonyl (C=O) groups is 1. The summed E-state index contributed by atoms with van der Waals surface area (Å²) >= 11 is 0. The summed E-state index contributed by atoms with van der Waals surface area (Å²) in [5.74, 6) is -0.388. The molecular formula is C25H25N5O5. The predicted octanol–water partition coefficient (Wildman–Crippen LogP) is 4.60. The van der Waals surface area contributed by atoms with Gasteiger partial charge in [-0.1, -0.05) is 26.0 Å². The fourth-order valence-electron chi connectivity index (χ4n) is 4.54. The molecule has 0 saturated carbocycles. The van der Waals surface area contributed by atoms with E-state index < -0.39 is 23.3 Å². The summed E-state index contributed by atoms with van der Waals surface area (Å²) in [4.78, 5) is 33.0. The zero-order valence-electron chi connectivity index (χ0n) is 19.4. The van der Waals surface area contributed by atoms with Crippen molar-refractivity contribution in [3.63, 3.8) is 0 Å². The van der Waals surface area contributed by atoms with Crippen LogP contribution in [0.15, 0.2) is 48.2 Å². The maximum atomic E-state index is 12.6. The van der Waals surface area contributed by atoms with Crippen LogP contribution in [0, 0.1) is 33.3 Å². The number of aromatic nitrogens is 2. The Bertz CT molecular complexity index is 1310. The number of nitrogens with zero attached hydrogens (tertiary/aromatic N) is 4. The number of nitro benzene ring substituents is 1. The van der Waals surface area contributed by atoms with Crippen LogP contribution in [-0.4, -0.2) is 45.7 Å². The third-order valence-corrected chi connectivity index (χ3v) is 5.98. The zero-order chi connectivity index (χ0) is 25.1. The van der Waals surface area contributed by atoms with Gasteiger partial charge >= 0.3 is 5.97 Å². The third-order valence-electron chi connectivity index (χ3n) is 5.98. The lowest BCUT2D eigenvalue weighted by Crippen LogP contribution is -2.39. The van der Waals surface area contributed by atoms with E-state index in [1.807, 2.05) is 11.0 Å². The third kappa shape index (κ3) is 5.09. The fraction of sp³-hybridized carbons (Fsp3) is 0.320. The van der Waals surface area contributed by atoms with Crippen molar-refractivity contribution in [3.05, 3.63) is 69.7 Å². The molecule has 0 spiro atoms. The first kappa shape index (κ1) is 23.8. The average Bonchev–Trinajstić information content (AvgIpc) is 3.25. The Labute approximate surface area is 201 Å². The lowest BCUT2D eigenvalue weighted by molar-refractivity contribution is -0.384. The molecule has 35 heavy (non-hydrogen) atoms. The lowest BCUT2D eigenvalue weighted by atomic mass is 9.91. The van der Waals surface area contributed by atoms with Crippen LogP contribution in [0.5, 0.6) is 0 Å². The van der Waals surface area contributed by atoms with Gasteiger partial charge in [0.1, 0.15) is 23.9 Å². The standard InChI is InChI=1S/C25H25N5O5/c1-15-9-16(2)13-29(12-15)21-8-7-17(10-22(21)30(33)34)25(32)35-14-23(31)18(11-26)24-27-19-5-3-4-6-20(19)28-24/h3-8,10,15-16,31H,9,12-14H2,1-2H3,(H,27,28)/t15-,16+. The highest BCUT2D eigenvalue weighted by molar-refractivity contribution is 5.92. The van der Waals surface area contributed by atoms with Crippen LogP contribution in [0.25, 0.3) is 16.6 Å². The highest BCUT2D eigenvalue weighted by Crippen LogP contribution is 2.34. The molecule has 0 aliphatic carbocycles. The Morgan fingerprint density at radius 3 is 2.66 bits per heavy atom. The number of carbonyl (C=O) groups excluding carboxylic acids is 1. The van der Waals surface area contributed by atoms with Crippen LogP contribution in [-0.2, 0) is 4.74 Å². The molecule has 0 bridgehead atoms. The summed E-state index contributed by atoms with van der Waals surface area (Å²) in [5, 5.41) is 31.7. The SMILES string of the molecule is C[C@@H]1C[C@H](C)CN(c2ccc(C(=O)OCC(O)=C(C#N)c3nc4ccccc4[nH]3)cc2[N+](=O)[O-])C1. The molecule has 1 aliphatic heterocycles. The molecule has 1 saturated heterocycles. The van der Waals surface area contributed by atoms with Gasteiger partial charge in [0.15, 0.2) is 11.6 Å². The second kappa shape index (κ2) is 9.85. The molecule has 180 valence electrons. The Balaban J connectivity index is 1.52. The number of piperidine rings is 1. The number of hydrogen-bond acceptors (Lipinski definition) is 8. The van der Waals surface area contributed by atoms with Gasteiger partial charge in [0.05, 0.1) is 21.5 Å². The van der Waals surface area contributed by atoms with Crippen molar-refractivity contribution in [2.24, 2.45) is 11.8 Å². The Morgan fingerprint density at radius 1 is 1.29 bits per heavy atom. The molecule has 0 radical (unpaired) electrons. The molecule has 10 heteroatoms. The second-order valence-corrected chi connectivity index (χ2v) is 8.92. The van der Waals surface area contributed by atoms with E-state index >= 15 is 0 Å². The van der Waals surface area contributed by atoms with Gasteiger partial charge in [0.25, 0.3) is 5.69 Å². The van der Waals surface area contributed by atoms with Crippen molar-refractivity contribution in [2.45, 2.75) is 20.3 Å². The Hall–Kier alpha value is -4.39. The Morgan fingerprint density at radius 2 is 2.00 bits per heavy atom. The van der Waals surface area contributed by atoms with Crippen LogP contribution < -0.4 is 4.90 Å². The minimum absolute atomic E-state index is 0.0198. The van der Waals surface area contributed by atoms with Crippen LogP contribution in [0.4, 0.5) is 11.4 Å². The number of aliphatic hydroxyl groups is 1. The molecule has 2 N–H and O–H groups in total. The van der Waals surface area contributed by atoms with Crippen molar-refractivity contribution >= 4 is 34.0 Å². The van der Waals surface area contributed by atoms with E-state index in [9.17, 15) is 25.3 Å². The quantitative estimate of drug-likeness (QED) is 0.173. The molecule has 10 nitrogen and oxygen atoms in total. The number of aliphatic hydroxyl groups excluding tert-OH is 1. The van der Waals surface area contributed by atoms with Gasteiger partial charge in [-0.15, -0.1) is 0 Å². The van der Waals surface area contributed by atoms with E-state index in [-0.39, 0.29) is 22.6 Å². The summed E-state index contributed by atoms with van der Waals surface area (Å²) in [5.41, 5.74) is 1.40. The molecule has 1 fully saturated rings. The smallest absolute Gasteiger partial charge is 0.338 e. The predicted molar refractivity (Wildman–Crippen MR) is 130 cm³/mol. The molecule has 0 amide bonds. The molecule has 2 aromatic carbocycles. The maximum Gasteiger partial charge on any atom is 0.338 e. The summed E-state index contributed by atoms with van der Waals surface area (Å²) < 4.78 is 5.15. The number of hydrogen-bond donors (Lipinski definition) is 2. The molecule has 1 aromatic heterocycles. The van der Waals surface area contributed by atoms with Crippen LogP contribution in [0.1, 0.15) is 36.5 Å². The van der Waals surface area contributed by atoms with Crippen molar-refractivity contribution in [3.8, 4) is 6.07 Å². The van der Waals surface area contributed by atoms with Crippen molar-refractivity contribution in [2.75, 3.05) is 24.6 Å². The topological polar surface area (TPSA) is 145 Å². The number of nitro groups is 1. The van der Waals surface area contributed by atoms with Gasteiger partial charge in [0.2, 0.25) is 0 Å². The summed E-state index contributed by atoms with van der Waals surface area (Å²) in [6, 6.07) is 13.2. The maximum absolute atomic E-state index is 12.6. The van der Waals surface area contributed by atoms with Gasteiger partial charge in [-0.05, 0) is 42.5 Å². The minimum Gasteiger partial charge on any atom is -0.507 e. The average molecular weight is 476 g/mol. The van der Waals surface area contributed by atoms with Gasteiger partial charge in [0, 0.05) is 19.2 Å². The van der Waals surface area contributed by atoms with E-state index in [0.29, 0.717) is 41.6 Å². The first-order valence-corrected chi connectivity index (χ1v) is 11.2. The largest absolute Gasteiger partial charge is 0.507 e. The number of ether oxygens (including phenoxy) is 1. The molecule has 0 unspecified atom stereocenters. The van der Waals surface area contributed by atoms with Gasteiger partial charge in [-0.3, -0.25) is 10.1 Å².